The first-order valence-electron chi connectivity index (χ1n) is 12.2. The Kier molecular flexibility index (Phi) is 5.01. The van der Waals surface area contributed by atoms with Gasteiger partial charge in [-0.3, -0.25) is 0 Å². The van der Waals surface area contributed by atoms with Gasteiger partial charge in [0.1, 0.15) is 5.65 Å². The minimum Gasteiger partial charge on any atom is -0.423 e. The number of benzene rings is 1. The number of aromatic amines is 1. The highest BCUT2D eigenvalue weighted by Gasteiger charge is 2.64. The van der Waals surface area contributed by atoms with Gasteiger partial charge in [-0.05, 0) is 72.8 Å². The Morgan fingerprint density at radius 3 is 2.65 bits per heavy atom. The van der Waals surface area contributed by atoms with Crippen LogP contribution in [0, 0.1) is 5.41 Å². The van der Waals surface area contributed by atoms with Gasteiger partial charge in [0.2, 0.25) is 10.0 Å². The van der Waals surface area contributed by atoms with Crippen LogP contribution in [0.25, 0.3) is 11.0 Å². The van der Waals surface area contributed by atoms with Crippen molar-refractivity contribution >= 4 is 33.6 Å². The molecule has 2 aliphatic heterocycles. The van der Waals surface area contributed by atoms with Gasteiger partial charge in [-0.1, -0.05) is 26.0 Å². The summed E-state index contributed by atoms with van der Waals surface area (Å²) >= 11 is 0. The summed E-state index contributed by atoms with van der Waals surface area (Å²) in [5.41, 5.74) is 3.01. The molecule has 0 radical (unpaired) electrons. The van der Waals surface area contributed by atoms with Gasteiger partial charge in [-0.15, -0.1) is 0 Å². The van der Waals surface area contributed by atoms with Crippen molar-refractivity contribution in [2.75, 3.05) is 13.1 Å². The maximum absolute atomic E-state index is 13.4. The molecule has 0 amide bonds. The number of nitrogens with zero attached hydrogens (tertiary/aromatic N) is 2. The Hall–Kier alpha value is -2.20. The van der Waals surface area contributed by atoms with Crippen molar-refractivity contribution in [3.8, 4) is 0 Å². The van der Waals surface area contributed by atoms with Crippen molar-refractivity contribution in [3.63, 3.8) is 0 Å². The van der Waals surface area contributed by atoms with Crippen LogP contribution < -0.4 is 5.46 Å². The second kappa shape index (κ2) is 7.65. The summed E-state index contributed by atoms with van der Waals surface area (Å²) in [6.07, 6.45) is 7.84. The lowest BCUT2D eigenvalue weighted by molar-refractivity contribution is -0.108. The second-order valence-corrected chi connectivity index (χ2v) is 12.3. The number of fused-ring (bicyclic) bond motifs is 4. The number of hydrogen-bond acceptors (Lipinski definition) is 5. The van der Waals surface area contributed by atoms with Gasteiger partial charge < -0.3 is 14.7 Å². The molecule has 2 fully saturated rings. The number of pyridine rings is 1. The number of sulfonamides is 1. The smallest absolute Gasteiger partial charge is 0.423 e. The van der Waals surface area contributed by atoms with E-state index in [9.17, 15) is 13.4 Å². The molecule has 3 aromatic rings. The van der Waals surface area contributed by atoms with E-state index in [1.165, 1.54) is 5.56 Å². The zero-order chi connectivity index (χ0) is 23.7. The van der Waals surface area contributed by atoms with Gasteiger partial charge in [0, 0.05) is 36.3 Å². The molecule has 0 bridgehead atoms. The highest BCUT2D eigenvalue weighted by Crippen LogP contribution is 2.62. The zero-order valence-electron chi connectivity index (χ0n) is 19.6. The van der Waals surface area contributed by atoms with Crippen LogP contribution in [0.1, 0.15) is 63.0 Å². The monoisotopic (exact) mass is 479 g/mol. The summed E-state index contributed by atoms with van der Waals surface area (Å²) in [5.74, 6) is 0.462. The first-order chi connectivity index (χ1) is 16.3. The van der Waals surface area contributed by atoms with Crippen LogP contribution in [0.15, 0.2) is 47.6 Å². The topological polar surface area (TPSA) is 95.5 Å². The predicted octanol–water partition coefficient (Wildman–Crippen LogP) is 3.25. The Bertz CT molecular complexity index is 1340. The van der Waals surface area contributed by atoms with Crippen LogP contribution in [0.4, 0.5) is 0 Å². The molecule has 1 aliphatic carbocycles. The highest BCUT2D eigenvalue weighted by atomic mass is 32.2. The standard InChI is InChI=1S/C25H30BN3O4S/c1-3-17(4-2)18-5-7-19(8-6-18)34(31,32)29-12-10-24(16-29)14-25(15-24)22-20-9-11-27-23(20)28-13-21(22)26(30)33-25/h5-9,11,13,17,30H,3-4,10,12,14-16H2,1-2H3,(H,27,28). The van der Waals surface area contributed by atoms with Gasteiger partial charge in [0.25, 0.3) is 0 Å². The number of rotatable bonds is 5. The molecule has 0 atom stereocenters. The average molecular weight is 479 g/mol. The first-order valence-corrected chi connectivity index (χ1v) is 13.7. The van der Waals surface area contributed by atoms with E-state index in [0.29, 0.717) is 36.7 Å². The SMILES string of the molecule is CCC(CC)c1ccc(S(=O)(=O)N2CCC3(C2)CC2(C3)OB(O)c3cnc4[nH]ccc4c32)cc1. The van der Waals surface area contributed by atoms with Crippen LogP contribution in [0.3, 0.4) is 0 Å². The molecule has 6 rings (SSSR count). The van der Waals surface area contributed by atoms with Crippen LogP contribution in [-0.4, -0.2) is 47.9 Å². The minimum atomic E-state index is -3.55. The molecule has 2 N–H and O–H groups in total. The molecule has 178 valence electrons. The molecule has 2 aromatic heterocycles. The molecule has 1 aromatic carbocycles. The van der Waals surface area contributed by atoms with E-state index in [-0.39, 0.29) is 5.41 Å². The molecule has 34 heavy (non-hydrogen) atoms. The van der Waals surface area contributed by atoms with E-state index in [4.69, 9.17) is 4.65 Å². The molecular weight excluding hydrogens is 449 g/mol. The van der Waals surface area contributed by atoms with Crippen molar-refractivity contribution in [1.29, 1.82) is 0 Å². The predicted molar refractivity (Wildman–Crippen MR) is 131 cm³/mol. The molecule has 1 saturated carbocycles. The summed E-state index contributed by atoms with van der Waals surface area (Å²) < 4.78 is 34.6. The minimum absolute atomic E-state index is 0.129. The van der Waals surface area contributed by atoms with Crippen molar-refractivity contribution in [2.24, 2.45) is 5.41 Å². The highest BCUT2D eigenvalue weighted by molar-refractivity contribution is 7.89. The second-order valence-electron chi connectivity index (χ2n) is 10.3. The van der Waals surface area contributed by atoms with E-state index >= 15 is 0 Å². The molecule has 0 unspecified atom stereocenters. The van der Waals surface area contributed by atoms with Crippen LogP contribution >= 0.6 is 0 Å². The number of hydrogen-bond donors (Lipinski definition) is 2. The van der Waals surface area contributed by atoms with E-state index < -0.39 is 22.7 Å². The lowest BCUT2D eigenvalue weighted by Gasteiger charge is -2.53. The third kappa shape index (κ3) is 3.14. The summed E-state index contributed by atoms with van der Waals surface area (Å²) in [4.78, 5) is 7.90. The van der Waals surface area contributed by atoms with Crippen molar-refractivity contribution < 1.29 is 18.1 Å². The maximum Gasteiger partial charge on any atom is 0.493 e. The lowest BCUT2D eigenvalue weighted by atomic mass is 9.56. The average Bonchev–Trinajstić information content (AvgIpc) is 3.52. The summed E-state index contributed by atoms with van der Waals surface area (Å²) in [7, 11) is -4.54. The van der Waals surface area contributed by atoms with E-state index in [1.54, 1.807) is 22.6 Å². The van der Waals surface area contributed by atoms with Crippen molar-refractivity contribution in [2.45, 2.75) is 62.4 Å². The Balaban J connectivity index is 1.23. The third-order valence-corrected chi connectivity index (χ3v) is 10.2. The molecular formula is C25H30BN3O4S. The van der Waals surface area contributed by atoms with E-state index in [1.807, 2.05) is 24.4 Å². The van der Waals surface area contributed by atoms with E-state index in [2.05, 4.69) is 23.8 Å². The quantitative estimate of drug-likeness (QED) is 0.548. The molecule has 2 spiro atoms. The van der Waals surface area contributed by atoms with Crippen LogP contribution in [0.5, 0.6) is 0 Å². The normalized spacial score (nSPS) is 26.8. The summed E-state index contributed by atoms with van der Waals surface area (Å²) in [6.45, 7) is 5.33. The Labute approximate surface area is 200 Å². The Morgan fingerprint density at radius 1 is 1.21 bits per heavy atom. The molecule has 7 nitrogen and oxygen atoms in total. The first kappa shape index (κ1) is 22.3. The van der Waals surface area contributed by atoms with Gasteiger partial charge in [0.15, 0.2) is 0 Å². The van der Waals surface area contributed by atoms with Crippen LogP contribution in [-0.2, 0) is 20.3 Å². The lowest BCUT2D eigenvalue weighted by Crippen LogP contribution is -2.52. The van der Waals surface area contributed by atoms with Gasteiger partial charge in [-0.2, -0.15) is 4.31 Å². The summed E-state index contributed by atoms with van der Waals surface area (Å²) in [5, 5.41) is 11.5. The van der Waals surface area contributed by atoms with Gasteiger partial charge in [0.05, 0.1) is 10.5 Å². The van der Waals surface area contributed by atoms with Crippen molar-refractivity contribution in [1.82, 2.24) is 14.3 Å². The fourth-order valence-electron chi connectivity index (χ4n) is 6.68. The molecule has 1 saturated heterocycles. The van der Waals surface area contributed by atoms with Crippen molar-refractivity contribution in [3.05, 3.63) is 53.9 Å². The Morgan fingerprint density at radius 2 is 1.94 bits per heavy atom. The molecule has 9 heteroatoms. The van der Waals surface area contributed by atoms with Gasteiger partial charge in [-0.25, -0.2) is 13.4 Å². The molecule has 4 heterocycles. The number of aromatic nitrogens is 2. The summed E-state index contributed by atoms with van der Waals surface area (Å²) in [6, 6.07) is 9.44. The fourth-order valence-corrected chi connectivity index (χ4v) is 8.24. The fraction of sp³-hybridized carbons (Fsp3) is 0.480. The van der Waals surface area contributed by atoms with E-state index in [0.717, 1.165) is 41.3 Å². The zero-order valence-corrected chi connectivity index (χ0v) is 20.4. The van der Waals surface area contributed by atoms with Gasteiger partial charge >= 0.3 is 7.12 Å². The largest absolute Gasteiger partial charge is 0.493 e. The maximum atomic E-state index is 13.4. The number of H-pyrrole nitrogens is 1. The third-order valence-electron chi connectivity index (χ3n) is 8.37. The van der Waals surface area contributed by atoms with Crippen LogP contribution in [0.2, 0.25) is 0 Å². The number of nitrogens with one attached hydrogen (secondary N) is 1. The molecule has 3 aliphatic rings.